The molecule has 0 aromatic carbocycles. The predicted octanol–water partition coefficient (Wildman–Crippen LogP) is 0.978. The van der Waals surface area contributed by atoms with Crippen molar-refractivity contribution in [1.82, 2.24) is 10.6 Å². The summed E-state index contributed by atoms with van der Waals surface area (Å²) in [7, 11) is 1.66. The summed E-state index contributed by atoms with van der Waals surface area (Å²) in [5, 5.41) is 5.81. The average Bonchev–Trinajstić information content (AvgIpc) is 2.54. The minimum atomic E-state index is -0.352. The number of hydrogen-bond donors (Lipinski definition) is 2. The molecule has 1 atom stereocenters. The second kappa shape index (κ2) is 6.37. The van der Waals surface area contributed by atoms with E-state index in [1.165, 1.54) is 0 Å². The van der Waals surface area contributed by atoms with Crippen LogP contribution in [-0.2, 0) is 14.3 Å². The summed E-state index contributed by atoms with van der Waals surface area (Å²) in [5.41, 5.74) is -0.289. The van der Waals surface area contributed by atoms with Gasteiger partial charge in [-0.25, -0.2) is 0 Å². The molecule has 1 aliphatic heterocycles. The van der Waals surface area contributed by atoms with Gasteiger partial charge >= 0.3 is 0 Å². The Bertz CT molecular complexity index is 340. The molecule has 0 aromatic heterocycles. The van der Waals surface area contributed by atoms with E-state index >= 15 is 0 Å². The van der Waals surface area contributed by atoms with Crippen molar-refractivity contribution >= 4 is 11.8 Å². The van der Waals surface area contributed by atoms with Gasteiger partial charge in [-0.2, -0.15) is 0 Å². The summed E-state index contributed by atoms with van der Waals surface area (Å²) in [6, 6.07) is -0.352. The number of methoxy groups -OCH3 is 1. The van der Waals surface area contributed by atoms with Gasteiger partial charge in [0.1, 0.15) is 6.04 Å². The maximum atomic E-state index is 12.4. The zero-order valence-electron chi connectivity index (χ0n) is 11.7. The molecule has 2 aliphatic rings. The molecule has 1 unspecified atom stereocenters. The molecule has 2 amide bonds. The van der Waals surface area contributed by atoms with E-state index in [9.17, 15) is 9.59 Å². The van der Waals surface area contributed by atoms with Crippen molar-refractivity contribution in [3.8, 4) is 0 Å². The monoisotopic (exact) mass is 268 g/mol. The van der Waals surface area contributed by atoms with Crippen LogP contribution in [0.3, 0.4) is 0 Å². The molecule has 2 rings (SSSR count). The molecule has 0 bridgehead atoms. The number of ether oxygens (including phenoxy) is 1. The Labute approximate surface area is 114 Å². The summed E-state index contributed by atoms with van der Waals surface area (Å²) in [5.74, 6) is 0.00455. The predicted molar refractivity (Wildman–Crippen MR) is 71.6 cm³/mol. The maximum Gasteiger partial charge on any atom is 0.242 e. The number of amides is 2. The topological polar surface area (TPSA) is 67.4 Å². The fraction of sp³-hybridized carbons (Fsp3) is 0.857. The van der Waals surface area contributed by atoms with E-state index in [-0.39, 0.29) is 23.3 Å². The van der Waals surface area contributed by atoms with Crippen molar-refractivity contribution < 1.29 is 14.3 Å². The van der Waals surface area contributed by atoms with Crippen LogP contribution in [0.2, 0.25) is 0 Å². The van der Waals surface area contributed by atoms with Crippen molar-refractivity contribution in [2.24, 2.45) is 5.41 Å². The zero-order valence-corrected chi connectivity index (χ0v) is 11.7. The lowest BCUT2D eigenvalue weighted by Crippen LogP contribution is -2.53. The first-order valence-corrected chi connectivity index (χ1v) is 7.25. The van der Waals surface area contributed by atoms with Crippen molar-refractivity contribution in [1.29, 1.82) is 0 Å². The van der Waals surface area contributed by atoms with Gasteiger partial charge in [-0.1, -0.05) is 6.42 Å². The highest BCUT2D eigenvalue weighted by Crippen LogP contribution is 2.44. The zero-order chi connectivity index (χ0) is 13.7. The fourth-order valence-corrected chi connectivity index (χ4v) is 2.88. The number of rotatable bonds is 5. The van der Waals surface area contributed by atoms with Gasteiger partial charge in [-0.05, 0) is 38.5 Å². The molecule has 0 spiro atoms. The Kier molecular flexibility index (Phi) is 4.80. The molecule has 2 fully saturated rings. The lowest BCUT2D eigenvalue weighted by Gasteiger charge is -2.41. The van der Waals surface area contributed by atoms with Gasteiger partial charge in [-0.3, -0.25) is 9.59 Å². The van der Waals surface area contributed by atoms with Crippen LogP contribution in [0.1, 0.15) is 44.9 Å². The minimum Gasteiger partial charge on any atom is -0.385 e. The molecule has 0 aromatic rings. The average molecular weight is 268 g/mol. The van der Waals surface area contributed by atoms with E-state index in [0.717, 1.165) is 51.5 Å². The van der Waals surface area contributed by atoms with Gasteiger partial charge < -0.3 is 15.4 Å². The summed E-state index contributed by atoms with van der Waals surface area (Å²) < 4.78 is 5.10. The van der Waals surface area contributed by atoms with Crippen molar-refractivity contribution in [3.63, 3.8) is 0 Å². The van der Waals surface area contributed by atoms with E-state index in [1.807, 2.05) is 0 Å². The van der Waals surface area contributed by atoms with Crippen LogP contribution in [0.15, 0.2) is 0 Å². The van der Waals surface area contributed by atoms with Crippen molar-refractivity contribution in [3.05, 3.63) is 0 Å². The Hall–Kier alpha value is -1.10. The molecule has 2 N–H and O–H groups in total. The maximum absolute atomic E-state index is 12.4. The lowest BCUT2D eigenvalue weighted by atomic mass is 9.66. The molecule has 1 saturated heterocycles. The second-order valence-electron chi connectivity index (χ2n) is 5.69. The normalized spacial score (nSPS) is 25.9. The highest BCUT2D eigenvalue weighted by atomic mass is 16.5. The van der Waals surface area contributed by atoms with E-state index in [2.05, 4.69) is 10.6 Å². The van der Waals surface area contributed by atoms with Crippen LogP contribution >= 0.6 is 0 Å². The quantitative estimate of drug-likeness (QED) is 0.781. The first-order chi connectivity index (χ1) is 9.18. The summed E-state index contributed by atoms with van der Waals surface area (Å²) >= 11 is 0. The lowest BCUT2D eigenvalue weighted by molar-refractivity contribution is -0.140. The third kappa shape index (κ3) is 3.26. The number of carbonyl (C=O) groups excluding carboxylic acids is 2. The van der Waals surface area contributed by atoms with Crippen molar-refractivity contribution in [2.75, 3.05) is 20.3 Å². The van der Waals surface area contributed by atoms with Gasteiger partial charge in [-0.15, -0.1) is 0 Å². The molecular weight excluding hydrogens is 244 g/mol. The number of carbonyl (C=O) groups is 2. The Morgan fingerprint density at radius 2 is 2.21 bits per heavy atom. The standard InChI is InChI=1S/C14H24N2O3/c1-19-10-8-14(6-4-7-14)13(18)16-11-5-2-3-9-15-12(11)17/h11H,2-10H2,1H3,(H,15,17)(H,16,18). The third-order valence-corrected chi connectivity index (χ3v) is 4.42. The molecular formula is C14H24N2O3. The van der Waals surface area contributed by atoms with Crippen LogP contribution in [0.25, 0.3) is 0 Å². The molecule has 1 saturated carbocycles. The summed E-state index contributed by atoms with van der Waals surface area (Å²) in [6.07, 6.45) is 6.39. The fourth-order valence-electron chi connectivity index (χ4n) is 2.88. The summed E-state index contributed by atoms with van der Waals surface area (Å²) in [6.45, 7) is 1.32. The summed E-state index contributed by atoms with van der Waals surface area (Å²) in [4.78, 5) is 24.3. The number of hydrogen-bond acceptors (Lipinski definition) is 3. The third-order valence-electron chi connectivity index (χ3n) is 4.42. The van der Waals surface area contributed by atoms with Gasteiger partial charge in [0.25, 0.3) is 0 Å². The van der Waals surface area contributed by atoms with E-state index in [1.54, 1.807) is 7.11 Å². The van der Waals surface area contributed by atoms with Crippen LogP contribution < -0.4 is 10.6 Å². The first kappa shape index (κ1) is 14.3. The second-order valence-corrected chi connectivity index (χ2v) is 5.69. The molecule has 1 heterocycles. The highest BCUT2D eigenvalue weighted by Gasteiger charge is 2.44. The Balaban J connectivity index is 1.92. The van der Waals surface area contributed by atoms with Gasteiger partial charge in [0, 0.05) is 20.3 Å². The minimum absolute atomic E-state index is 0.0351. The molecule has 19 heavy (non-hydrogen) atoms. The molecule has 1 aliphatic carbocycles. The molecule has 5 heteroatoms. The molecule has 5 nitrogen and oxygen atoms in total. The van der Waals surface area contributed by atoms with Crippen LogP contribution in [0.5, 0.6) is 0 Å². The Morgan fingerprint density at radius 3 is 2.84 bits per heavy atom. The largest absolute Gasteiger partial charge is 0.385 e. The Morgan fingerprint density at radius 1 is 1.42 bits per heavy atom. The van der Waals surface area contributed by atoms with E-state index in [0.29, 0.717) is 6.61 Å². The van der Waals surface area contributed by atoms with E-state index < -0.39 is 0 Å². The first-order valence-electron chi connectivity index (χ1n) is 7.25. The smallest absolute Gasteiger partial charge is 0.242 e. The van der Waals surface area contributed by atoms with Crippen LogP contribution in [0.4, 0.5) is 0 Å². The van der Waals surface area contributed by atoms with Gasteiger partial charge in [0.2, 0.25) is 11.8 Å². The SMILES string of the molecule is COCCC1(C(=O)NC2CCCCNC2=O)CCC1. The highest BCUT2D eigenvalue weighted by molar-refractivity contribution is 5.90. The van der Waals surface area contributed by atoms with Gasteiger partial charge in [0.05, 0.1) is 5.41 Å². The molecule has 0 radical (unpaired) electrons. The van der Waals surface area contributed by atoms with Crippen LogP contribution in [0, 0.1) is 5.41 Å². The molecule has 108 valence electrons. The van der Waals surface area contributed by atoms with Crippen LogP contribution in [-0.4, -0.2) is 38.1 Å². The van der Waals surface area contributed by atoms with Gasteiger partial charge in [0.15, 0.2) is 0 Å². The van der Waals surface area contributed by atoms with Crippen molar-refractivity contribution in [2.45, 2.75) is 51.0 Å². The number of nitrogens with one attached hydrogen (secondary N) is 2. The van der Waals surface area contributed by atoms with E-state index in [4.69, 9.17) is 4.74 Å².